The molecule has 0 aliphatic heterocycles. The second-order valence-electron chi connectivity index (χ2n) is 7.93. The van der Waals surface area contributed by atoms with Crippen molar-refractivity contribution >= 4 is 10.9 Å². The van der Waals surface area contributed by atoms with Crippen LogP contribution in [-0.2, 0) is 12.5 Å². The summed E-state index contributed by atoms with van der Waals surface area (Å²) >= 11 is 0. The Bertz CT molecular complexity index is 1030. The summed E-state index contributed by atoms with van der Waals surface area (Å²) in [7, 11) is 1.96. The van der Waals surface area contributed by atoms with Crippen molar-refractivity contribution in [3.8, 4) is 11.3 Å². The number of rotatable bonds is 2. The quantitative estimate of drug-likeness (QED) is 0.479. The highest BCUT2D eigenvalue weighted by molar-refractivity contribution is 5.79. The lowest BCUT2D eigenvalue weighted by Gasteiger charge is -2.28. The normalized spacial score (nSPS) is 12.6. The second kappa shape index (κ2) is 6.36. The first kappa shape index (κ1) is 19.4. The Kier molecular flexibility index (Phi) is 4.57. The SMILES string of the molecule is Cc1cc(C)c(C)c(-c2ccc3cc(C(C)(C)C(F)(F)F)ccc3[n+]2C)c1. The van der Waals surface area contributed by atoms with Gasteiger partial charge in [-0.25, -0.2) is 0 Å². The van der Waals surface area contributed by atoms with Crippen LogP contribution in [0.2, 0.25) is 0 Å². The smallest absolute Gasteiger partial charge is 0.194 e. The molecule has 1 heterocycles. The van der Waals surface area contributed by atoms with Crippen molar-refractivity contribution in [2.75, 3.05) is 0 Å². The lowest BCUT2D eigenvalue weighted by molar-refractivity contribution is -0.633. The van der Waals surface area contributed by atoms with Gasteiger partial charge in [-0.2, -0.15) is 17.7 Å². The largest absolute Gasteiger partial charge is 0.397 e. The summed E-state index contributed by atoms with van der Waals surface area (Å²) in [5, 5.41) is 0.804. The van der Waals surface area contributed by atoms with Gasteiger partial charge in [0.25, 0.3) is 0 Å². The van der Waals surface area contributed by atoms with E-state index in [1.165, 1.54) is 30.5 Å². The van der Waals surface area contributed by atoms with E-state index in [0.717, 1.165) is 22.2 Å². The molecule has 0 N–H and O–H groups in total. The van der Waals surface area contributed by atoms with Crippen LogP contribution in [-0.4, -0.2) is 6.18 Å². The number of hydrogen-bond donors (Lipinski definition) is 0. The molecule has 0 aliphatic rings. The third kappa shape index (κ3) is 3.22. The fourth-order valence-corrected chi connectivity index (χ4v) is 3.53. The minimum absolute atomic E-state index is 0.276. The molecule has 0 spiro atoms. The highest BCUT2D eigenvalue weighted by Crippen LogP contribution is 2.41. The molecule has 0 radical (unpaired) electrons. The van der Waals surface area contributed by atoms with Crippen molar-refractivity contribution in [2.24, 2.45) is 7.05 Å². The van der Waals surface area contributed by atoms with E-state index in [-0.39, 0.29) is 5.56 Å². The molecule has 0 atom stereocenters. The second-order valence-corrected chi connectivity index (χ2v) is 7.93. The van der Waals surface area contributed by atoms with Crippen molar-refractivity contribution in [2.45, 2.75) is 46.2 Å². The Labute approximate surface area is 158 Å². The molecule has 1 nitrogen and oxygen atoms in total. The molecule has 3 rings (SSSR count). The lowest BCUT2D eigenvalue weighted by atomic mass is 9.83. The van der Waals surface area contributed by atoms with E-state index in [9.17, 15) is 13.2 Å². The number of pyridine rings is 1. The van der Waals surface area contributed by atoms with Crippen LogP contribution in [0, 0.1) is 20.8 Å². The number of alkyl halides is 3. The number of halogens is 3. The van der Waals surface area contributed by atoms with Gasteiger partial charge in [0.05, 0.1) is 5.41 Å². The fraction of sp³-hybridized carbons (Fsp3) is 0.348. The monoisotopic (exact) mass is 372 g/mol. The third-order valence-corrected chi connectivity index (χ3v) is 5.69. The number of hydrogen-bond acceptors (Lipinski definition) is 0. The predicted molar refractivity (Wildman–Crippen MR) is 104 cm³/mol. The summed E-state index contributed by atoms with van der Waals surface area (Å²) in [6.45, 7) is 8.72. The molecule has 0 unspecified atom stereocenters. The summed E-state index contributed by atoms with van der Waals surface area (Å²) in [5.74, 6) is 0. The molecule has 3 aromatic rings. The molecular formula is C23H25F3N+. The zero-order valence-electron chi connectivity index (χ0n) is 16.6. The zero-order chi connectivity index (χ0) is 20.1. The molecule has 0 fully saturated rings. The fourth-order valence-electron chi connectivity index (χ4n) is 3.53. The molecule has 0 aliphatic carbocycles. The Balaban J connectivity index is 2.20. The summed E-state index contributed by atoms with van der Waals surface area (Å²) in [6, 6.07) is 13.3. The molecule has 27 heavy (non-hydrogen) atoms. The van der Waals surface area contributed by atoms with Gasteiger partial charge in [-0.15, -0.1) is 0 Å². The van der Waals surface area contributed by atoms with Crippen molar-refractivity contribution < 1.29 is 17.7 Å². The van der Waals surface area contributed by atoms with Gasteiger partial charge in [0.15, 0.2) is 0 Å². The van der Waals surface area contributed by atoms with E-state index < -0.39 is 11.6 Å². The minimum atomic E-state index is -4.29. The van der Waals surface area contributed by atoms with Crippen LogP contribution in [0.4, 0.5) is 13.2 Å². The summed E-state index contributed by atoms with van der Waals surface area (Å²) in [6.07, 6.45) is -4.29. The maximum atomic E-state index is 13.4. The average Bonchev–Trinajstić information content (AvgIpc) is 2.57. The summed E-state index contributed by atoms with van der Waals surface area (Å²) < 4.78 is 42.3. The molecule has 4 heteroatoms. The Morgan fingerprint density at radius 1 is 0.852 bits per heavy atom. The molecule has 1 aromatic heterocycles. The van der Waals surface area contributed by atoms with Crippen molar-refractivity contribution in [1.82, 2.24) is 0 Å². The average molecular weight is 372 g/mol. The van der Waals surface area contributed by atoms with Crippen LogP contribution in [0.15, 0.2) is 42.5 Å². The Morgan fingerprint density at radius 3 is 2.15 bits per heavy atom. The van der Waals surface area contributed by atoms with E-state index in [2.05, 4.69) is 37.5 Å². The molecule has 2 aromatic carbocycles. The molecule has 0 saturated heterocycles. The van der Waals surface area contributed by atoms with Gasteiger partial charge in [-0.05, 0) is 69.5 Å². The van der Waals surface area contributed by atoms with Crippen molar-refractivity contribution in [1.29, 1.82) is 0 Å². The van der Waals surface area contributed by atoms with Crippen LogP contribution in [0.5, 0.6) is 0 Å². The van der Waals surface area contributed by atoms with Crippen LogP contribution < -0.4 is 4.57 Å². The first-order chi connectivity index (χ1) is 12.4. The first-order valence-electron chi connectivity index (χ1n) is 9.01. The number of nitrogens with zero attached hydrogens (tertiary/aromatic N) is 1. The molecule has 0 saturated carbocycles. The van der Waals surface area contributed by atoms with Gasteiger partial charge >= 0.3 is 6.18 Å². The number of fused-ring (bicyclic) bond motifs is 1. The van der Waals surface area contributed by atoms with Crippen LogP contribution in [0.1, 0.15) is 36.1 Å². The standard InChI is InChI=1S/C23H25F3N/c1-14-11-15(2)16(3)19(12-14)21-9-7-17-13-18(8-10-20(17)27(21)6)22(4,5)23(24,25)26/h7-13H,1-6H3/q+1. The number of benzene rings is 2. The number of aromatic nitrogens is 1. The van der Waals surface area contributed by atoms with Gasteiger partial charge in [0.1, 0.15) is 7.05 Å². The van der Waals surface area contributed by atoms with E-state index >= 15 is 0 Å². The topological polar surface area (TPSA) is 3.88 Å². The zero-order valence-corrected chi connectivity index (χ0v) is 16.6. The van der Waals surface area contributed by atoms with Crippen LogP contribution >= 0.6 is 0 Å². The van der Waals surface area contributed by atoms with Crippen LogP contribution in [0.3, 0.4) is 0 Å². The Morgan fingerprint density at radius 2 is 1.52 bits per heavy atom. The maximum Gasteiger partial charge on any atom is 0.397 e. The van der Waals surface area contributed by atoms with Gasteiger partial charge in [0, 0.05) is 23.1 Å². The maximum absolute atomic E-state index is 13.4. The highest BCUT2D eigenvalue weighted by Gasteiger charge is 2.48. The van der Waals surface area contributed by atoms with Gasteiger partial charge in [0.2, 0.25) is 11.2 Å². The van der Waals surface area contributed by atoms with Gasteiger partial charge in [-0.1, -0.05) is 17.7 Å². The lowest BCUT2D eigenvalue weighted by Crippen LogP contribution is -2.37. The van der Waals surface area contributed by atoms with Crippen LogP contribution in [0.25, 0.3) is 22.2 Å². The summed E-state index contributed by atoms with van der Waals surface area (Å²) in [4.78, 5) is 0. The highest BCUT2D eigenvalue weighted by atomic mass is 19.4. The van der Waals surface area contributed by atoms with Crippen molar-refractivity contribution in [3.05, 3.63) is 64.7 Å². The molecule has 0 bridgehead atoms. The van der Waals surface area contributed by atoms with E-state index in [4.69, 9.17) is 0 Å². The molecule has 0 amide bonds. The van der Waals surface area contributed by atoms with Gasteiger partial charge in [-0.3, -0.25) is 0 Å². The number of aryl methyl sites for hydroxylation is 3. The van der Waals surface area contributed by atoms with E-state index in [1.54, 1.807) is 18.2 Å². The molecular weight excluding hydrogens is 347 g/mol. The first-order valence-corrected chi connectivity index (χ1v) is 9.01. The third-order valence-electron chi connectivity index (χ3n) is 5.69. The van der Waals surface area contributed by atoms with E-state index in [0.29, 0.717) is 0 Å². The molecule has 142 valence electrons. The van der Waals surface area contributed by atoms with Gasteiger partial charge < -0.3 is 0 Å². The predicted octanol–water partition coefficient (Wildman–Crippen LogP) is 6.10. The summed E-state index contributed by atoms with van der Waals surface area (Å²) in [5.41, 5.74) is 5.13. The van der Waals surface area contributed by atoms with Crippen molar-refractivity contribution in [3.63, 3.8) is 0 Å². The van der Waals surface area contributed by atoms with E-state index in [1.807, 2.05) is 19.2 Å². The minimum Gasteiger partial charge on any atom is -0.194 e. The Hall–Kier alpha value is -2.36.